The first-order valence-corrected chi connectivity index (χ1v) is 8.40. The third kappa shape index (κ3) is 6.80. The summed E-state index contributed by atoms with van der Waals surface area (Å²) in [6, 6.07) is 0.0745. The van der Waals surface area contributed by atoms with Crippen LogP contribution in [0.15, 0.2) is 0 Å². The monoisotopic (exact) mass is 361 g/mol. The maximum absolute atomic E-state index is 12.8. The molecule has 0 saturated carbocycles. The third-order valence-corrected chi connectivity index (χ3v) is 4.11. The van der Waals surface area contributed by atoms with Gasteiger partial charge in [-0.15, -0.1) is 0 Å². The molecule has 0 aromatic carbocycles. The largest absolute Gasteiger partial charge is 0.453 e. The van der Waals surface area contributed by atoms with Gasteiger partial charge >= 0.3 is 12.1 Å². The van der Waals surface area contributed by atoms with E-state index in [0.29, 0.717) is 25.8 Å². The fourth-order valence-electron chi connectivity index (χ4n) is 2.89. The predicted molar refractivity (Wildman–Crippen MR) is 80.7 cm³/mol. The summed E-state index contributed by atoms with van der Waals surface area (Å²) in [6.07, 6.45) is -4.53. The number of unbranched alkanes of at least 4 members (excludes halogenated alkanes) is 2. The lowest BCUT2D eigenvalue weighted by atomic mass is 10.0. The highest BCUT2D eigenvalue weighted by Gasteiger charge is 2.56. The molecule has 0 amide bonds. The van der Waals surface area contributed by atoms with Crippen molar-refractivity contribution in [1.82, 2.24) is 4.90 Å². The standard InChI is InChI=1S/C16H28F5NO2/c1-14(2,3)24-13(23)22-11-7-9-12(22)8-5-4-6-10-15(17,18)16(19,20)21/h12-13,23H,4-11H2,1-3H3. The fraction of sp³-hybridized carbons (Fsp3) is 1.00. The fourth-order valence-corrected chi connectivity index (χ4v) is 2.89. The summed E-state index contributed by atoms with van der Waals surface area (Å²) in [5.41, 5.74) is -0.490. The van der Waals surface area contributed by atoms with Crippen molar-refractivity contribution in [3.8, 4) is 0 Å². The Balaban J connectivity index is 2.32. The van der Waals surface area contributed by atoms with Crippen LogP contribution in [-0.2, 0) is 4.74 Å². The zero-order valence-electron chi connectivity index (χ0n) is 14.5. The second kappa shape index (κ2) is 8.27. The summed E-state index contributed by atoms with van der Waals surface area (Å²) < 4.78 is 67.3. The van der Waals surface area contributed by atoms with Crippen LogP contribution in [-0.4, -0.2) is 46.7 Å². The average molecular weight is 361 g/mol. The lowest BCUT2D eigenvalue weighted by Crippen LogP contribution is -2.44. The van der Waals surface area contributed by atoms with Crippen LogP contribution in [0.4, 0.5) is 22.0 Å². The van der Waals surface area contributed by atoms with Gasteiger partial charge in [-0.3, -0.25) is 4.90 Å². The smallest absolute Gasteiger partial charge is 0.356 e. The van der Waals surface area contributed by atoms with Crippen LogP contribution >= 0.6 is 0 Å². The minimum Gasteiger partial charge on any atom is -0.356 e. The van der Waals surface area contributed by atoms with E-state index in [0.717, 1.165) is 12.8 Å². The second-order valence-electron chi connectivity index (χ2n) is 7.39. The SMILES string of the molecule is CC(C)(C)OC(O)N1CCCC1CCCCCC(F)(F)C(F)(F)F. The van der Waals surface area contributed by atoms with Crippen LogP contribution in [0.2, 0.25) is 0 Å². The highest BCUT2D eigenvalue weighted by Crippen LogP contribution is 2.39. The molecule has 1 aliphatic rings. The third-order valence-electron chi connectivity index (χ3n) is 4.11. The molecule has 0 radical (unpaired) electrons. The minimum atomic E-state index is -5.47. The Bertz CT molecular complexity index is 382. The number of aliphatic hydroxyl groups is 1. The quantitative estimate of drug-likeness (QED) is 0.387. The van der Waals surface area contributed by atoms with Crippen LogP contribution in [0, 0.1) is 0 Å². The summed E-state index contributed by atoms with van der Waals surface area (Å²) in [4.78, 5) is 1.83. The van der Waals surface area contributed by atoms with Crippen LogP contribution < -0.4 is 0 Å². The van der Waals surface area contributed by atoms with Gasteiger partial charge in [0.25, 0.3) is 0 Å². The molecule has 1 heterocycles. The van der Waals surface area contributed by atoms with Crippen molar-refractivity contribution in [3.05, 3.63) is 0 Å². The lowest BCUT2D eigenvalue weighted by molar-refractivity contribution is -0.284. The molecule has 0 spiro atoms. The van der Waals surface area contributed by atoms with E-state index in [1.54, 1.807) is 0 Å². The van der Waals surface area contributed by atoms with E-state index in [1.165, 1.54) is 0 Å². The van der Waals surface area contributed by atoms with Crippen molar-refractivity contribution in [2.45, 2.75) is 95.9 Å². The number of aliphatic hydroxyl groups excluding tert-OH is 1. The number of nitrogens with zero attached hydrogens (tertiary/aromatic N) is 1. The Labute approximate surface area is 140 Å². The number of hydrogen-bond acceptors (Lipinski definition) is 3. The van der Waals surface area contributed by atoms with Gasteiger partial charge in [0.15, 0.2) is 0 Å². The van der Waals surface area contributed by atoms with Gasteiger partial charge in [-0.2, -0.15) is 22.0 Å². The zero-order valence-corrected chi connectivity index (χ0v) is 14.5. The highest BCUT2D eigenvalue weighted by atomic mass is 19.4. The van der Waals surface area contributed by atoms with E-state index in [1.807, 2.05) is 25.7 Å². The maximum atomic E-state index is 12.8. The van der Waals surface area contributed by atoms with Gasteiger partial charge < -0.3 is 9.84 Å². The summed E-state index contributed by atoms with van der Waals surface area (Å²) in [5, 5.41) is 10.1. The maximum Gasteiger partial charge on any atom is 0.453 e. The van der Waals surface area contributed by atoms with Gasteiger partial charge in [-0.05, 0) is 46.5 Å². The first kappa shape index (κ1) is 21.6. The molecular weight excluding hydrogens is 333 g/mol. The van der Waals surface area contributed by atoms with E-state index >= 15 is 0 Å². The molecule has 3 nitrogen and oxygen atoms in total. The van der Waals surface area contributed by atoms with Gasteiger partial charge in [-0.1, -0.05) is 12.8 Å². The molecule has 1 saturated heterocycles. The van der Waals surface area contributed by atoms with E-state index in [-0.39, 0.29) is 12.5 Å². The highest BCUT2D eigenvalue weighted by molar-refractivity contribution is 4.80. The van der Waals surface area contributed by atoms with Crippen molar-refractivity contribution < 1.29 is 31.8 Å². The van der Waals surface area contributed by atoms with Gasteiger partial charge in [0.2, 0.25) is 6.41 Å². The van der Waals surface area contributed by atoms with Gasteiger partial charge in [0, 0.05) is 19.0 Å². The molecule has 1 rings (SSSR count). The van der Waals surface area contributed by atoms with Gasteiger partial charge in [-0.25, -0.2) is 0 Å². The number of hydrogen-bond donors (Lipinski definition) is 1. The Morgan fingerprint density at radius 1 is 1.08 bits per heavy atom. The number of rotatable bonds is 8. The zero-order chi connectivity index (χ0) is 18.6. The number of halogens is 5. The molecule has 24 heavy (non-hydrogen) atoms. The first-order chi connectivity index (χ1) is 10.8. The van der Waals surface area contributed by atoms with E-state index in [4.69, 9.17) is 4.74 Å². The van der Waals surface area contributed by atoms with E-state index in [2.05, 4.69) is 0 Å². The Hall–Kier alpha value is -0.470. The molecule has 1 aliphatic heterocycles. The molecule has 2 atom stereocenters. The van der Waals surface area contributed by atoms with Gasteiger partial charge in [0.1, 0.15) is 0 Å². The van der Waals surface area contributed by atoms with Crippen molar-refractivity contribution >= 4 is 0 Å². The topological polar surface area (TPSA) is 32.7 Å². The van der Waals surface area contributed by atoms with Crippen molar-refractivity contribution in [2.24, 2.45) is 0 Å². The molecule has 1 fully saturated rings. The number of alkyl halides is 5. The molecular formula is C16H28F5NO2. The molecule has 1 N–H and O–H groups in total. The summed E-state index contributed by atoms with van der Waals surface area (Å²) >= 11 is 0. The van der Waals surface area contributed by atoms with Gasteiger partial charge in [0.05, 0.1) is 5.60 Å². The molecule has 8 heteroatoms. The molecule has 0 aromatic heterocycles. The van der Waals surface area contributed by atoms with Crippen molar-refractivity contribution in [2.75, 3.05) is 6.54 Å². The Kier molecular flexibility index (Phi) is 7.44. The van der Waals surface area contributed by atoms with E-state index in [9.17, 15) is 27.1 Å². The van der Waals surface area contributed by atoms with Crippen molar-refractivity contribution in [3.63, 3.8) is 0 Å². The first-order valence-electron chi connectivity index (χ1n) is 8.40. The van der Waals surface area contributed by atoms with Crippen LogP contribution in [0.3, 0.4) is 0 Å². The molecule has 0 aromatic rings. The summed E-state index contributed by atoms with van der Waals surface area (Å²) in [7, 11) is 0. The summed E-state index contributed by atoms with van der Waals surface area (Å²) in [6.45, 7) is 6.19. The second-order valence-corrected chi connectivity index (χ2v) is 7.39. The van der Waals surface area contributed by atoms with E-state index < -0.39 is 30.5 Å². The number of likely N-dealkylation sites (tertiary alicyclic amines) is 1. The summed E-state index contributed by atoms with van der Waals surface area (Å²) in [5.74, 6) is -4.61. The molecule has 144 valence electrons. The van der Waals surface area contributed by atoms with Crippen LogP contribution in [0.1, 0.15) is 65.7 Å². The molecule has 0 bridgehead atoms. The predicted octanol–water partition coefficient (Wildman–Crippen LogP) is 4.69. The lowest BCUT2D eigenvalue weighted by Gasteiger charge is -2.33. The van der Waals surface area contributed by atoms with Crippen LogP contribution in [0.5, 0.6) is 0 Å². The number of ether oxygens (including phenoxy) is 1. The molecule has 2 unspecified atom stereocenters. The normalized spacial score (nSPS) is 22.1. The van der Waals surface area contributed by atoms with Crippen molar-refractivity contribution in [1.29, 1.82) is 0 Å². The minimum absolute atomic E-state index is 0.0745. The van der Waals surface area contributed by atoms with Crippen LogP contribution in [0.25, 0.3) is 0 Å². The molecule has 0 aliphatic carbocycles. The average Bonchev–Trinajstić information content (AvgIpc) is 2.83. The Morgan fingerprint density at radius 3 is 2.25 bits per heavy atom. The Morgan fingerprint density at radius 2 is 1.71 bits per heavy atom.